The van der Waals surface area contributed by atoms with E-state index in [9.17, 15) is 4.79 Å². The Hall–Kier alpha value is -3.41. The van der Waals surface area contributed by atoms with Crippen LogP contribution in [-0.4, -0.2) is 28.7 Å². The van der Waals surface area contributed by atoms with Crippen LogP contribution in [0.4, 0.5) is 16.6 Å². The van der Waals surface area contributed by atoms with E-state index in [4.69, 9.17) is 4.74 Å². The molecule has 0 aliphatic carbocycles. The van der Waals surface area contributed by atoms with Crippen molar-refractivity contribution in [2.45, 2.75) is 59.5 Å². The third kappa shape index (κ3) is 5.47. The van der Waals surface area contributed by atoms with E-state index < -0.39 is 0 Å². The molecule has 1 unspecified atom stereocenters. The number of carbonyl (C=O) groups excluding carboxylic acids is 1. The number of aromatic nitrogens is 2. The Bertz CT molecular complexity index is 1140. The lowest BCUT2D eigenvalue weighted by molar-refractivity contribution is 0.177. The van der Waals surface area contributed by atoms with Gasteiger partial charge in [-0.3, -0.25) is 4.90 Å². The fraction of sp³-hybridized carbons (Fsp3) is 0.414. The van der Waals surface area contributed by atoms with Crippen molar-refractivity contribution in [2.75, 3.05) is 16.8 Å². The van der Waals surface area contributed by atoms with Gasteiger partial charge in [-0.05, 0) is 53.0 Å². The molecule has 184 valence electrons. The molecule has 3 aromatic rings. The van der Waals surface area contributed by atoms with Crippen molar-refractivity contribution in [2.24, 2.45) is 11.8 Å². The second-order valence-electron chi connectivity index (χ2n) is 10.1. The van der Waals surface area contributed by atoms with Crippen molar-refractivity contribution >= 4 is 17.9 Å². The number of hydrogen-bond donors (Lipinski definition) is 1. The summed E-state index contributed by atoms with van der Waals surface area (Å²) in [6.45, 7) is 13.4. The van der Waals surface area contributed by atoms with Crippen LogP contribution in [0.25, 0.3) is 11.1 Å². The van der Waals surface area contributed by atoms with Gasteiger partial charge in [-0.15, -0.1) is 0 Å². The third-order valence-corrected chi connectivity index (χ3v) is 7.09. The highest BCUT2D eigenvalue weighted by Gasteiger charge is 2.37. The van der Waals surface area contributed by atoms with Gasteiger partial charge in [0, 0.05) is 6.20 Å². The zero-order chi connectivity index (χ0) is 25.1. The Labute approximate surface area is 208 Å². The van der Waals surface area contributed by atoms with Crippen LogP contribution >= 0.6 is 0 Å². The van der Waals surface area contributed by atoms with Crippen molar-refractivity contribution in [1.82, 2.24) is 9.97 Å². The van der Waals surface area contributed by atoms with Crippen molar-refractivity contribution in [1.29, 1.82) is 0 Å². The van der Waals surface area contributed by atoms with E-state index in [1.54, 1.807) is 17.2 Å². The molecule has 3 atom stereocenters. The maximum atomic E-state index is 12.3. The lowest BCUT2D eigenvalue weighted by Crippen LogP contribution is -2.37. The Morgan fingerprint density at radius 1 is 0.886 bits per heavy atom. The fourth-order valence-corrected chi connectivity index (χ4v) is 4.35. The number of anilines is 2. The first kappa shape index (κ1) is 24.7. The molecule has 1 aliphatic rings. The Balaban J connectivity index is 1.45. The number of nitrogens with one attached hydrogen (secondary N) is 1. The molecule has 0 bridgehead atoms. The monoisotopic (exact) mass is 472 g/mol. The average molecular weight is 473 g/mol. The molecule has 1 N–H and O–H groups in total. The summed E-state index contributed by atoms with van der Waals surface area (Å²) in [4.78, 5) is 22.9. The number of ether oxygens (including phenoxy) is 1. The first-order valence-electron chi connectivity index (χ1n) is 12.5. The number of hydrogen-bond acceptors (Lipinski definition) is 5. The van der Waals surface area contributed by atoms with Gasteiger partial charge in [-0.25, -0.2) is 9.78 Å². The molecule has 35 heavy (non-hydrogen) atoms. The molecule has 1 aliphatic heterocycles. The highest BCUT2D eigenvalue weighted by Crippen LogP contribution is 2.29. The topological polar surface area (TPSA) is 67.4 Å². The summed E-state index contributed by atoms with van der Waals surface area (Å²) in [5, 5.41) is 3.37. The van der Waals surface area contributed by atoms with Gasteiger partial charge in [0.1, 0.15) is 12.4 Å². The molecule has 4 rings (SSSR count). The van der Waals surface area contributed by atoms with Crippen LogP contribution in [0, 0.1) is 11.8 Å². The van der Waals surface area contributed by atoms with E-state index in [2.05, 4.69) is 105 Å². The summed E-state index contributed by atoms with van der Waals surface area (Å²) >= 11 is 0. The zero-order valence-corrected chi connectivity index (χ0v) is 21.5. The van der Waals surface area contributed by atoms with E-state index in [0.717, 1.165) is 5.56 Å². The van der Waals surface area contributed by atoms with E-state index in [1.807, 2.05) is 0 Å². The van der Waals surface area contributed by atoms with Gasteiger partial charge in [-0.1, -0.05) is 83.1 Å². The van der Waals surface area contributed by atoms with Gasteiger partial charge in [-0.2, -0.15) is 4.98 Å². The minimum Gasteiger partial charge on any atom is -0.447 e. The molecule has 0 spiro atoms. The zero-order valence-electron chi connectivity index (χ0n) is 21.5. The van der Waals surface area contributed by atoms with Gasteiger partial charge in [0.2, 0.25) is 5.95 Å². The second kappa shape index (κ2) is 10.5. The van der Waals surface area contributed by atoms with Gasteiger partial charge in [0.25, 0.3) is 0 Å². The molecular weight excluding hydrogens is 436 g/mol. The molecule has 1 aromatic heterocycles. The van der Waals surface area contributed by atoms with E-state index in [0.29, 0.717) is 30.2 Å². The van der Waals surface area contributed by atoms with Gasteiger partial charge in [0.15, 0.2) is 0 Å². The summed E-state index contributed by atoms with van der Waals surface area (Å²) in [5.41, 5.74) is 4.91. The molecule has 2 heterocycles. The number of nitrogens with zero attached hydrogens (tertiary/aromatic N) is 3. The fourth-order valence-electron chi connectivity index (χ4n) is 4.35. The molecule has 1 fully saturated rings. The van der Waals surface area contributed by atoms with Gasteiger partial charge in [0.05, 0.1) is 12.1 Å². The Morgan fingerprint density at radius 2 is 1.49 bits per heavy atom. The minimum absolute atomic E-state index is 0.00000679. The Morgan fingerprint density at radius 3 is 2.06 bits per heavy atom. The summed E-state index contributed by atoms with van der Waals surface area (Å²) in [6.07, 6.45) is 1.32. The molecule has 2 aromatic carbocycles. The average Bonchev–Trinajstić information content (AvgIpc) is 3.25. The van der Waals surface area contributed by atoms with Crippen LogP contribution in [0.3, 0.4) is 0 Å². The summed E-state index contributed by atoms with van der Waals surface area (Å²) < 4.78 is 5.27. The first-order valence-corrected chi connectivity index (χ1v) is 12.5. The molecule has 1 saturated heterocycles. The lowest BCUT2D eigenvalue weighted by atomic mass is 9.89. The van der Waals surface area contributed by atoms with Crippen LogP contribution in [0.15, 0.2) is 60.8 Å². The quantitative estimate of drug-likeness (QED) is 0.380. The van der Waals surface area contributed by atoms with Crippen LogP contribution in [0.1, 0.15) is 64.6 Å². The van der Waals surface area contributed by atoms with Crippen molar-refractivity contribution in [3.63, 3.8) is 0 Å². The summed E-state index contributed by atoms with van der Waals surface area (Å²) in [5.74, 6) is 2.48. The van der Waals surface area contributed by atoms with Crippen LogP contribution in [0.2, 0.25) is 0 Å². The SMILES string of the molecule is CC(C)C(C)c1ccc(-c2ccc([C@H](C)Nc3nccc(N4C(=O)OC[C@@H]4C(C)C)n3)cc2)cc1. The molecule has 6 nitrogen and oxygen atoms in total. The van der Waals surface area contributed by atoms with Crippen LogP contribution < -0.4 is 10.2 Å². The molecule has 0 radical (unpaired) electrons. The predicted molar refractivity (Wildman–Crippen MR) is 142 cm³/mol. The number of benzene rings is 2. The minimum atomic E-state index is -0.358. The van der Waals surface area contributed by atoms with E-state index in [-0.39, 0.29) is 24.1 Å². The summed E-state index contributed by atoms with van der Waals surface area (Å²) in [6, 6.07) is 19.2. The first-order chi connectivity index (χ1) is 16.7. The lowest BCUT2D eigenvalue weighted by Gasteiger charge is -2.23. The van der Waals surface area contributed by atoms with Crippen molar-refractivity contribution in [3.05, 3.63) is 71.9 Å². The normalized spacial score (nSPS) is 17.5. The van der Waals surface area contributed by atoms with Crippen LogP contribution in [-0.2, 0) is 4.74 Å². The summed E-state index contributed by atoms with van der Waals surface area (Å²) in [7, 11) is 0. The smallest absolute Gasteiger partial charge is 0.415 e. The Kier molecular flexibility index (Phi) is 7.39. The van der Waals surface area contributed by atoms with Crippen molar-refractivity contribution < 1.29 is 9.53 Å². The highest BCUT2D eigenvalue weighted by molar-refractivity contribution is 5.89. The second-order valence-corrected chi connectivity index (χ2v) is 10.1. The predicted octanol–water partition coefficient (Wildman–Crippen LogP) is 7.06. The third-order valence-electron chi connectivity index (χ3n) is 7.09. The standard InChI is InChI=1S/C29H36N4O2/c1-18(2)20(5)22-7-11-24(12-8-22)25-13-9-23(10-14-25)21(6)31-28-30-16-15-27(32-28)33-26(19(3)4)17-35-29(33)34/h7-16,18-21,26H,17H2,1-6H3,(H,30,31,32)/t20?,21-,26+/m0/s1. The molecule has 0 saturated carbocycles. The van der Waals surface area contributed by atoms with Crippen LogP contribution in [0.5, 0.6) is 0 Å². The maximum absolute atomic E-state index is 12.3. The van der Waals surface area contributed by atoms with Gasteiger partial charge >= 0.3 is 6.09 Å². The molecular formula is C29H36N4O2. The maximum Gasteiger partial charge on any atom is 0.415 e. The number of amides is 1. The largest absolute Gasteiger partial charge is 0.447 e. The van der Waals surface area contributed by atoms with Gasteiger partial charge < -0.3 is 10.1 Å². The number of cyclic esters (lactones) is 1. The molecule has 1 amide bonds. The highest BCUT2D eigenvalue weighted by atomic mass is 16.6. The number of rotatable bonds is 8. The van der Waals surface area contributed by atoms with E-state index in [1.165, 1.54) is 16.7 Å². The number of carbonyl (C=O) groups is 1. The van der Waals surface area contributed by atoms with Crippen molar-refractivity contribution in [3.8, 4) is 11.1 Å². The molecule has 6 heteroatoms. The van der Waals surface area contributed by atoms with E-state index >= 15 is 0 Å².